The SMILES string of the molecule is NCC1CN(C(=O)c2cccc(F)c2Br)CCO1. The fraction of sp³-hybridized carbons (Fsp3) is 0.417. The highest BCUT2D eigenvalue weighted by Gasteiger charge is 2.25. The van der Waals surface area contributed by atoms with Crippen LogP contribution >= 0.6 is 15.9 Å². The highest BCUT2D eigenvalue weighted by atomic mass is 79.9. The maximum absolute atomic E-state index is 13.4. The van der Waals surface area contributed by atoms with Gasteiger partial charge < -0.3 is 15.4 Å². The Morgan fingerprint density at radius 3 is 3.11 bits per heavy atom. The number of amides is 1. The molecule has 0 bridgehead atoms. The van der Waals surface area contributed by atoms with Crippen molar-refractivity contribution < 1.29 is 13.9 Å². The lowest BCUT2D eigenvalue weighted by molar-refractivity contribution is -0.0168. The van der Waals surface area contributed by atoms with Gasteiger partial charge in [-0.15, -0.1) is 0 Å². The van der Waals surface area contributed by atoms with Gasteiger partial charge in [0.05, 0.1) is 22.7 Å². The average Bonchev–Trinajstić information content (AvgIpc) is 2.41. The van der Waals surface area contributed by atoms with Crippen LogP contribution in [0.1, 0.15) is 10.4 Å². The summed E-state index contributed by atoms with van der Waals surface area (Å²) >= 11 is 3.10. The van der Waals surface area contributed by atoms with Crippen LogP contribution in [0.25, 0.3) is 0 Å². The molecule has 1 fully saturated rings. The zero-order valence-corrected chi connectivity index (χ0v) is 11.3. The maximum Gasteiger partial charge on any atom is 0.255 e. The highest BCUT2D eigenvalue weighted by molar-refractivity contribution is 9.10. The number of carbonyl (C=O) groups is 1. The van der Waals surface area contributed by atoms with Crippen molar-refractivity contribution in [2.45, 2.75) is 6.10 Å². The van der Waals surface area contributed by atoms with Gasteiger partial charge in [-0.2, -0.15) is 0 Å². The van der Waals surface area contributed by atoms with Crippen molar-refractivity contribution in [2.75, 3.05) is 26.2 Å². The van der Waals surface area contributed by atoms with E-state index in [1.807, 2.05) is 0 Å². The molecule has 1 aliphatic rings. The van der Waals surface area contributed by atoms with E-state index < -0.39 is 5.82 Å². The average molecular weight is 317 g/mol. The van der Waals surface area contributed by atoms with Crippen molar-refractivity contribution in [3.05, 3.63) is 34.1 Å². The number of nitrogens with two attached hydrogens (primary N) is 1. The van der Waals surface area contributed by atoms with Crippen molar-refractivity contribution >= 4 is 21.8 Å². The minimum Gasteiger partial charge on any atom is -0.373 e. The van der Waals surface area contributed by atoms with Crippen molar-refractivity contribution in [1.82, 2.24) is 4.90 Å². The smallest absolute Gasteiger partial charge is 0.255 e. The first-order chi connectivity index (χ1) is 8.63. The third kappa shape index (κ3) is 2.71. The summed E-state index contributed by atoms with van der Waals surface area (Å²) in [6.45, 7) is 1.77. The third-order valence-electron chi connectivity index (χ3n) is 2.87. The first-order valence-electron chi connectivity index (χ1n) is 5.68. The minimum absolute atomic E-state index is 0.143. The number of benzene rings is 1. The van der Waals surface area contributed by atoms with E-state index in [-0.39, 0.29) is 16.5 Å². The van der Waals surface area contributed by atoms with Crippen LogP contribution in [0.5, 0.6) is 0 Å². The lowest BCUT2D eigenvalue weighted by Gasteiger charge is -2.32. The van der Waals surface area contributed by atoms with Gasteiger partial charge in [-0.1, -0.05) is 6.07 Å². The van der Waals surface area contributed by atoms with Crippen LogP contribution in [0.3, 0.4) is 0 Å². The summed E-state index contributed by atoms with van der Waals surface area (Å²) < 4.78 is 19.0. The monoisotopic (exact) mass is 316 g/mol. The first kappa shape index (κ1) is 13.5. The summed E-state index contributed by atoms with van der Waals surface area (Å²) in [4.78, 5) is 13.9. The topological polar surface area (TPSA) is 55.6 Å². The maximum atomic E-state index is 13.4. The van der Waals surface area contributed by atoms with E-state index in [4.69, 9.17) is 10.5 Å². The van der Waals surface area contributed by atoms with E-state index in [0.717, 1.165) is 0 Å². The van der Waals surface area contributed by atoms with Crippen LogP contribution in [0.2, 0.25) is 0 Å². The van der Waals surface area contributed by atoms with Gasteiger partial charge in [0.2, 0.25) is 0 Å². The molecular formula is C12H14BrFN2O2. The second-order valence-electron chi connectivity index (χ2n) is 4.08. The fourth-order valence-electron chi connectivity index (χ4n) is 1.89. The first-order valence-corrected chi connectivity index (χ1v) is 6.47. The van der Waals surface area contributed by atoms with Gasteiger partial charge in [-0.05, 0) is 28.1 Å². The number of morpholine rings is 1. The molecule has 2 N–H and O–H groups in total. The quantitative estimate of drug-likeness (QED) is 0.897. The number of hydrogen-bond donors (Lipinski definition) is 1. The van der Waals surface area contributed by atoms with Crippen LogP contribution in [0, 0.1) is 5.82 Å². The molecule has 1 atom stereocenters. The molecule has 1 unspecified atom stereocenters. The van der Waals surface area contributed by atoms with Gasteiger partial charge in [0.1, 0.15) is 5.82 Å². The molecule has 1 aliphatic heterocycles. The molecule has 1 saturated heterocycles. The van der Waals surface area contributed by atoms with Crippen molar-refractivity contribution in [2.24, 2.45) is 5.73 Å². The van der Waals surface area contributed by atoms with E-state index in [1.54, 1.807) is 11.0 Å². The number of nitrogens with zero attached hydrogens (tertiary/aromatic N) is 1. The van der Waals surface area contributed by atoms with Gasteiger partial charge in [0.15, 0.2) is 0 Å². The van der Waals surface area contributed by atoms with Crippen molar-refractivity contribution in [3.63, 3.8) is 0 Å². The lowest BCUT2D eigenvalue weighted by Crippen LogP contribution is -2.48. The Kier molecular flexibility index (Phi) is 4.31. The normalized spacial score (nSPS) is 19.9. The summed E-state index contributed by atoms with van der Waals surface area (Å²) in [5.41, 5.74) is 5.85. The zero-order chi connectivity index (χ0) is 13.1. The molecule has 6 heteroatoms. The fourth-order valence-corrected chi connectivity index (χ4v) is 2.32. The zero-order valence-electron chi connectivity index (χ0n) is 9.73. The summed E-state index contributed by atoms with van der Waals surface area (Å²) in [6.07, 6.45) is -0.143. The van der Waals surface area contributed by atoms with Gasteiger partial charge in [0.25, 0.3) is 5.91 Å². The Morgan fingerprint density at radius 1 is 1.61 bits per heavy atom. The second kappa shape index (κ2) is 5.77. The van der Waals surface area contributed by atoms with Gasteiger partial charge in [0, 0.05) is 19.6 Å². The van der Waals surface area contributed by atoms with E-state index in [2.05, 4.69) is 15.9 Å². The van der Waals surface area contributed by atoms with E-state index in [1.165, 1.54) is 12.1 Å². The van der Waals surface area contributed by atoms with E-state index in [0.29, 0.717) is 31.8 Å². The van der Waals surface area contributed by atoms with Crippen molar-refractivity contribution in [3.8, 4) is 0 Å². The van der Waals surface area contributed by atoms with Gasteiger partial charge >= 0.3 is 0 Å². The number of rotatable bonds is 2. The van der Waals surface area contributed by atoms with Crippen LogP contribution in [-0.2, 0) is 4.74 Å². The standard InChI is InChI=1S/C12H14BrFN2O2/c13-11-9(2-1-3-10(11)14)12(17)16-4-5-18-8(6-15)7-16/h1-3,8H,4-7,15H2. The second-order valence-corrected chi connectivity index (χ2v) is 4.87. The molecule has 2 rings (SSSR count). The lowest BCUT2D eigenvalue weighted by atomic mass is 10.1. The predicted octanol–water partition coefficient (Wildman–Crippen LogP) is 1.39. The third-order valence-corrected chi connectivity index (χ3v) is 3.68. The molecule has 4 nitrogen and oxygen atoms in total. The molecule has 0 aromatic heterocycles. The van der Waals surface area contributed by atoms with Gasteiger partial charge in [-0.25, -0.2) is 4.39 Å². The number of halogens is 2. The molecule has 1 aromatic carbocycles. The van der Waals surface area contributed by atoms with Crippen LogP contribution in [-0.4, -0.2) is 43.2 Å². The van der Waals surface area contributed by atoms with E-state index >= 15 is 0 Å². The molecule has 0 aliphatic carbocycles. The minimum atomic E-state index is -0.440. The van der Waals surface area contributed by atoms with Gasteiger partial charge in [-0.3, -0.25) is 4.79 Å². The molecule has 98 valence electrons. The van der Waals surface area contributed by atoms with Crippen LogP contribution in [0.15, 0.2) is 22.7 Å². The number of hydrogen-bond acceptors (Lipinski definition) is 3. The highest BCUT2D eigenvalue weighted by Crippen LogP contribution is 2.22. The summed E-state index contributed by atoms with van der Waals surface area (Å²) in [6, 6.07) is 4.43. The molecule has 0 radical (unpaired) electrons. The van der Waals surface area contributed by atoms with Crippen molar-refractivity contribution in [1.29, 1.82) is 0 Å². The van der Waals surface area contributed by atoms with Crippen LogP contribution < -0.4 is 5.73 Å². The Balaban J connectivity index is 2.18. The van der Waals surface area contributed by atoms with Crippen LogP contribution in [0.4, 0.5) is 4.39 Å². The molecule has 1 aromatic rings. The molecular weight excluding hydrogens is 303 g/mol. The summed E-state index contributed by atoms with van der Waals surface area (Å²) in [5.74, 6) is -0.646. The summed E-state index contributed by atoms with van der Waals surface area (Å²) in [5, 5.41) is 0. The Hall–Kier alpha value is -0.980. The molecule has 1 amide bonds. The Morgan fingerprint density at radius 2 is 2.39 bits per heavy atom. The van der Waals surface area contributed by atoms with E-state index in [9.17, 15) is 9.18 Å². The number of ether oxygens (including phenoxy) is 1. The Labute approximate surface area is 113 Å². The molecule has 0 spiro atoms. The Bertz CT molecular complexity index is 456. The predicted molar refractivity (Wildman–Crippen MR) is 68.8 cm³/mol. The molecule has 0 saturated carbocycles. The summed E-state index contributed by atoms with van der Waals surface area (Å²) in [7, 11) is 0. The largest absolute Gasteiger partial charge is 0.373 e. The number of carbonyl (C=O) groups excluding carboxylic acids is 1. The molecule has 18 heavy (non-hydrogen) atoms. The molecule has 1 heterocycles.